The number of alkyl halides is 3. The molecule has 5 rings (SSSR count). The first-order chi connectivity index (χ1) is 15.9. The lowest BCUT2D eigenvalue weighted by Gasteiger charge is -2.16. The number of aromatic amines is 1. The van der Waals surface area contributed by atoms with Crippen molar-refractivity contribution in [2.75, 3.05) is 6.54 Å². The number of halogens is 3. The molecule has 0 saturated carbocycles. The molecule has 2 aromatic heterocycles. The number of likely N-dealkylation sites (tertiary alicyclic amines) is 1. The molecule has 1 atom stereocenters. The lowest BCUT2D eigenvalue weighted by molar-refractivity contribution is -0.137. The highest BCUT2D eigenvalue weighted by Gasteiger charge is 2.34. The summed E-state index contributed by atoms with van der Waals surface area (Å²) in [4.78, 5) is 18.5. The van der Waals surface area contributed by atoms with E-state index in [1.54, 1.807) is 4.90 Å². The Labute approximate surface area is 186 Å². The summed E-state index contributed by atoms with van der Waals surface area (Å²) in [5, 5.41) is 11.2. The van der Waals surface area contributed by atoms with Gasteiger partial charge in [0.05, 0.1) is 11.3 Å². The van der Waals surface area contributed by atoms with Crippen molar-refractivity contribution in [1.82, 2.24) is 25.2 Å². The summed E-state index contributed by atoms with van der Waals surface area (Å²) in [5.74, 6) is 0.303. The van der Waals surface area contributed by atoms with E-state index in [9.17, 15) is 18.0 Å². The van der Waals surface area contributed by atoms with Crippen molar-refractivity contribution in [3.63, 3.8) is 0 Å². The zero-order chi connectivity index (χ0) is 23.0. The van der Waals surface area contributed by atoms with Gasteiger partial charge in [-0.2, -0.15) is 23.3 Å². The van der Waals surface area contributed by atoms with Gasteiger partial charge in [-0.3, -0.25) is 9.89 Å². The Bertz CT molecular complexity index is 1270. The Morgan fingerprint density at radius 1 is 1.09 bits per heavy atom. The first-order valence-corrected chi connectivity index (χ1v) is 10.3. The van der Waals surface area contributed by atoms with E-state index in [1.165, 1.54) is 12.1 Å². The van der Waals surface area contributed by atoms with Crippen molar-refractivity contribution < 1.29 is 22.5 Å². The van der Waals surface area contributed by atoms with Gasteiger partial charge in [-0.1, -0.05) is 47.6 Å². The molecule has 10 heteroatoms. The summed E-state index contributed by atoms with van der Waals surface area (Å²) in [7, 11) is 0. The van der Waals surface area contributed by atoms with E-state index >= 15 is 0 Å². The normalized spacial score (nSPS) is 16.5. The van der Waals surface area contributed by atoms with Crippen molar-refractivity contribution >= 4 is 5.91 Å². The number of amides is 1. The molecule has 2 aromatic carbocycles. The monoisotopic (exact) mass is 453 g/mol. The zero-order valence-corrected chi connectivity index (χ0v) is 17.2. The molecule has 1 unspecified atom stereocenters. The SMILES string of the molecule is O=C1CC(c2noc(-c3cc(-c4ccccc4)n[nH]3)n2)CN1Cc1ccc(C(F)(F)F)cc1. The van der Waals surface area contributed by atoms with Crippen molar-refractivity contribution in [2.45, 2.75) is 25.1 Å². The molecule has 0 bridgehead atoms. The molecule has 1 fully saturated rings. The molecule has 4 aromatic rings. The molecule has 1 N–H and O–H groups in total. The lowest BCUT2D eigenvalue weighted by atomic mass is 10.1. The molecule has 33 heavy (non-hydrogen) atoms. The van der Waals surface area contributed by atoms with E-state index in [4.69, 9.17) is 4.52 Å². The fourth-order valence-electron chi connectivity index (χ4n) is 3.82. The second kappa shape index (κ2) is 8.19. The number of nitrogens with zero attached hydrogens (tertiary/aromatic N) is 4. The molecule has 3 heterocycles. The number of rotatable bonds is 5. The van der Waals surface area contributed by atoms with Crippen LogP contribution in [-0.4, -0.2) is 37.7 Å². The number of nitrogens with one attached hydrogen (secondary N) is 1. The van der Waals surface area contributed by atoms with Crippen LogP contribution in [-0.2, 0) is 17.5 Å². The fourth-order valence-corrected chi connectivity index (χ4v) is 3.82. The van der Waals surface area contributed by atoms with Crippen LogP contribution in [0.4, 0.5) is 13.2 Å². The molecule has 1 saturated heterocycles. The van der Waals surface area contributed by atoms with E-state index in [0.29, 0.717) is 23.6 Å². The summed E-state index contributed by atoms with van der Waals surface area (Å²) < 4.78 is 43.6. The molecule has 0 radical (unpaired) electrons. The summed E-state index contributed by atoms with van der Waals surface area (Å²) >= 11 is 0. The Hall–Kier alpha value is -3.95. The van der Waals surface area contributed by atoms with Crippen LogP contribution in [0.15, 0.2) is 65.2 Å². The standard InChI is InChI=1S/C23H18F3N5O2/c24-23(25,26)17-8-6-14(7-9-17)12-31-13-16(10-20(31)32)21-27-22(33-30-21)19-11-18(28-29-19)15-4-2-1-3-5-15/h1-9,11,16H,10,12-13H2,(H,28,29). The highest BCUT2D eigenvalue weighted by atomic mass is 19.4. The average Bonchev–Trinajstić information content (AvgIpc) is 3.54. The quantitative estimate of drug-likeness (QED) is 0.475. The first-order valence-electron chi connectivity index (χ1n) is 10.3. The zero-order valence-electron chi connectivity index (χ0n) is 17.2. The van der Waals surface area contributed by atoms with E-state index < -0.39 is 11.7 Å². The molecule has 1 amide bonds. The van der Waals surface area contributed by atoms with Gasteiger partial charge in [0.2, 0.25) is 5.91 Å². The minimum atomic E-state index is -4.39. The van der Waals surface area contributed by atoms with Gasteiger partial charge in [0, 0.05) is 31.0 Å². The largest absolute Gasteiger partial charge is 0.416 e. The highest BCUT2D eigenvalue weighted by molar-refractivity contribution is 5.79. The van der Waals surface area contributed by atoms with Crippen molar-refractivity contribution in [1.29, 1.82) is 0 Å². The van der Waals surface area contributed by atoms with Crippen molar-refractivity contribution in [3.05, 3.63) is 77.6 Å². The highest BCUT2D eigenvalue weighted by Crippen LogP contribution is 2.31. The van der Waals surface area contributed by atoms with Crippen molar-refractivity contribution in [2.24, 2.45) is 0 Å². The van der Waals surface area contributed by atoms with E-state index in [2.05, 4.69) is 20.3 Å². The Morgan fingerprint density at radius 3 is 2.58 bits per heavy atom. The second-order valence-electron chi connectivity index (χ2n) is 7.86. The third-order valence-corrected chi connectivity index (χ3v) is 5.55. The molecule has 0 spiro atoms. The van der Waals surface area contributed by atoms with Crippen LogP contribution in [0, 0.1) is 0 Å². The summed E-state index contributed by atoms with van der Waals surface area (Å²) in [6.45, 7) is 0.580. The second-order valence-corrected chi connectivity index (χ2v) is 7.86. The van der Waals surface area contributed by atoms with Gasteiger partial charge in [-0.05, 0) is 23.8 Å². The van der Waals surface area contributed by atoms with Crippen LogP contribution >= 0.6 is 0 Å². The molecule has 1 aliphatic rings. The molecular weight excluding hydrogens is 435 g/mol. The summed E-state index contributed by atoms with van der Waals surface area (Å²) in [5.41, 5.74) is 2.16. The summed E-state index contributed by atoms with van der Waals surface area (Å²) in [6, 6.07) is 16.3. The van der Waals surface area contributed by atoms with Crippen LogP contribution in [0.3, 0.4) is 0 Å². The van der Waals surface area contributed by atoms with Gasteiger partial charge in [0.1, 0.15) is 5.69 Å². The van der Waals surface area contributed by atoms with Gasteiger partial charge in [0.15, 0.2) is 5.82 Å². The van der Waals surface area contributed by atoms with Gasteiger partial charge in [0.25, 0.3) is 5.89 Å². The van der Waals surface area contributed by atoms with Gasteiger partial charge in [-0.15, -0.1) is 0 Å². The lowest BCUT2D eigenvalue weighted by Crippen LogP contribution is -2.24. The number of carbonyl (C=O) groups is 1. The number of carbonyl (C=O) groups excluding carboxylic acids is 1. The first kappa shape index (κ1) is 20.9. The third-order valence-electron chi connectivity index (χ3n) is 5.55. The van der Waals surface area contributed by atoms with Crippen molar-refractivity contribution in [3.8, 4) is 22.8 Å². The fraction of sp³-hybridized carbons (Fsp3) is 0.217. The van der Waals surface area contributed by atoms with Crippen LogP contribution in [0.5, 0.6) is 0 Å². The van der Waals surface area contributed by atoms with Gasteiger partial charge >= 0.3 is 6.18 Å². The maximum Gasteiger partial charge on any atom is 0.416 e. The molecule has 1 aliphatic heterocycles. The molecule has 168 valence electrons. The smallest absolute Gasteiger partial charge is 0.338 e. The Balaban J connectivity index is 1.26. The predicted octanol–water partition coefficient (Wildman–Crippen LogP) is 4.66. The van der Waals surface area contributed by atoms with Gasteiger partial charge in [-0.25, -0.2) is 0 Å². The molecule has 7 nitrogen and oxygen atoms in total. The number of aromatic nitrogens is 4. The number of hydrogen-bond acceptors (Lipinski definition) is 5. The number of hydrogen-bond donors (Lipinski definition) is 1. The van der Waals surface area contributed by atoms with E-state index in [0.717, 1.165) is 23.4 Å². The number of H-pyrrole nitrogens is 1. The topological polar surface area (TPSA) is 87.9 Å². The average molecular weight is 453 g/mol. The summed E-state index contributed by atoms with van der Waals surface area (Å²) in [6.07, 6.45) is -4.18. The minimum absolute atomic E-state index is 0.112. The molecular formula is C23H18F3N5O2. The van der Waals surface area contributed by atoms with Gasteiger partial charge < -0.3 is 9.42 Å². The third kappa shape index (κ3) is 4.36. The maximum absolute atomic E-state index is 12.7. The Morgan fingerprint density at radius 2 is 1.85 bits per heavy atom. The van der Waals surface area contributed by atoms with Crippen LogP contribution in [0.1, 0.15) is 29.3 Å². The minimum Gasteiger partial charge on any atom is -0.338 e. The van der Waals surface area contributed by atoms with Crippen LogP contribution < -0.4 is 0 Å². The number of benzene rings is 2. The van der Waals surface area contributed by atoms with E-state index in [-0.39, 0.29) is 30.7 Å². The molecule has 0 aliphatic carbocycles. The van der Waals surface area contributed by atoms with Crippen LogP contribution in [0.2, 0.25) is 0 Å². The van der Waals surface area contributed by atoms with Crippen LogP contribution in [0.25, 0.3) is 22.8 Å². The predicted molar refractivity (Wildman–Crippen MR) is 112 cm³/mol. The van der Waals surface area contributed by atoms with E-state index in [1.807, 2.05) is 36.4 Å². The maximum atomic E-state index is 12.7. The Kier molecular flexibility index (Phi) is 5.20.